The zero-order chi connectivity index (χ0) is 45.0. The van der Waals surface area contributed by atoms with Gasteiger partial charge in [0.15, 0.2) is 6.61 Å². The van der Waals surface area contributed by atoms with Crippen molar-refractivity contribution >= 4 is 51.2 Å². The molecule has 11 N–H and O–H groups in total. The van der Waals surface area contributed by atoms with Crippen molar-refractivity contribution < 1.29 is 44.1 Å². The van der Waals surface area contributed by atoms with Crippen molar-refractivity contribution in [2.24, 2.45) is 11.5 Å². The molecule has 0 radical (unpaired) electrons. The number of nitrogens with one attached hydrogen (secondary N) is 4. The summed E-state index contributed by atoms with van der Waals surface area (Å²) in [6.45, 7) is 5.12. The van der Waals surface area contributed by atoms with E-state index < -0.39 is 48.4 Å². The number of hydrogen-bond acceptors (Lipinski definition) is 7. The third kappa shape index (κ3) is 13.9. The van der Waals surface area contributed by atoms with Crippen molar-refractivity contribution in [2.75, 3.05) is 26.3 Å². The summed E-state index contributed by atoms with van der Waals surface area (Å²) < 4.78 is 18.2. The van der Waals surface area contributed by atoms with Gasteiger partial charge in [0.05, 0.1) is 19.7 Å². The summed E-state index contributed by atoms with van der Waals surface area (Å²) in [6.07, 6.45) is 3.94. The quantitative estimate of drug-likeness (QED) is 0.0197. The van der Waals surface area contributed by atoms with Gasteiger partial charge in [-0.15, -0.1) is 0 Å². The molecule has 334 valence electrons. The second-order valence-electron chi connectivity index (χ2n) is 15.5. The highest BCUT2D eigenvalue weighted by atomic mass is 16.5. The first-order chi connectivity index (χ1) is 30.6. The van der Waals surface area contributed by atoms with Gasteiger partial charge < -0.3 is 35.9 Å². The van der Waals surface area contributed by atoms with Crippen LogP contribution in [0.2, 0.25) is 0 Å². The molecular weight excluding hydrogens is 799 g/mol. The van der Waals surface area contributed by atoms with Gasteiger partial charge in [0.2, 0.25) is 11.8 Å². The third-order valence-corrected chi connectivity index (χ3v) is 10.5. The molecule has 14 nitrogen and oxygen atoms in total. The standard InChI is InChI=1S/C49H61N7O7/c1-3-15-40(48(60)63-31-33-16-6-5-7-17-33)56-47(59)39(23-14-29-53-49(51)52)55-46(58)38(22-12-13-28-50)54-43(57)32-62-42-27-25-35-19-9-11-21-37(35)45(42)44-36-20-10-8-18-34(36)24-26-41(44)61-30-4-2/h5-11,16-21,24-27,38-40H,3-4,12-15,22-23,28-32,50H2,1-2H3,(H,54,57)(H,55,58)(H,56,59)(H4,51,52,53)/p+2/t38-,39-,40+/m1/s1. The van der Waals surface area contributed by atoms with E-state index in [9.17, 15) is 19.2 Å². The largest absolute Gasteiger partial charge is 0.493 e. The van der Waals surface area contributed by atoms with Gasteiger partial charge in [0, 0.05) is 11.1 Å². The fraction of sp³-hybridized carbons (Fsp3) is 0.367. The molecule has 3 atom stereocenters. The van der Waals surface area contributed by atoms with Crippen LogP contribution in [0.25, 0.3) is 32.7 Å². The third-order valence-electron chi connectivity index (χ3n) is 10.5. The molecule has 0 heterocycles. The molecule has 0 aromatic heterocycles. The average Bonchev–Trinajstić information content (AvgIpc) is 3.29. The van der Waals surface area contributed by atoms with E-state index in [0.717, 1.165) is 51.1 Å². The number of guanidine groups is 1. The lowest BCUT2D eigenvalue weighted by molar-refractivity contribution is -0.459. The van der Waals surface area contributed by atoms with E-state index in [1.54, 1.807) is 0 Å². The molecule has 5 aromatic carbocycles. The molecule has 0 bridgehead atoms. The Bertz CT molecular complexity index is 2320. The van der Waals surface area contributed by atoms with Crippen LogP contribution in [-0.2, 0) is 30.5 Å². The number of unbranched alkanes of at least 4 members (excludes halogenated alkanes) is 1. The van der Waals surface area contributed by atoms with Crippen LogP contribution >= 0.6 is 0 Å². The molecule has 0 aliphatic carbocycles. The predicted octanol–water partition coefficient (Wildman–Crippen LogP) is 3.37. The molecular formula is C49H63N7O7+2. The Kier molecular flexibility index (Phi) is 18.6. The van der Waals surface area contributed by atoms with Gasteiger partial charge in [-0.1, -0.05) is 111 Å². The molecule has 5 aromatic rings. The van der Waals surface area contributed by atoms with E-state index >= 15 is 0 Å². The van der Waals surface area contributed by atoms with Crippen molar-refractivity contribution in [3.8, 4) is 22.6 Å². The molecule has 0 spiro atoms. The summed E-state index contributed by atoms with van der Waals surface area (Å²) >= 11 is 0. The maximum atomic E-state index is 14.1. The summed E-state index contributed by atoms with van der Waals surface area (Å²) in [7, 11) is 0. The van der Waals surface area contributed by atoms with Crippen LogP contribution in [0, 0.1) is 0 Å². The number of hydrogen-bond donors (Lipinski definition) is 7. The van der Waals surface area contributed by atoms with E-state index in [1.165, 1.54) is 0 Å². The van der Waals surface area contributed by atoms with E-state index in [4.69, 9.17) is 25.7 Å². The van der Waals surface area contributed by atoms with Gasteiger partial charge >= 0.3 is 11.9 Å². The normalized spacial score (nSPS) is 12.4. The summed E-state index contributed by atoms with van der Waals surface area (Å²) in [5.74, 6) is -1.01. The minimum Gasteiger partial charge on any atom is -0.493 e. The number of nitrogens with two attached hydrogens (primary N) is 2. The SMILES string of the molecule is CCCOc1ccc2ccccc2c1-c1c(OCC(=O)N[C@H](CCCC[NH3+])C(=O)N[C@H](CCC[NH+]=C(N)N)C(=O)N[C@@H](CCC)C(=O)OCc2ccccc2)ccc2ccccc12. The molecule has 5 rings (SSSR count). The zero-order valence-electron chi connectivity index (χ0n) is 36.5. The van der Waals surface area contributed by atoms with Gasteiger partial charge in [-0.25, -0.2) is 4.79 Å². The summed E-state index contributed by atoms with van der Waals surface area (Å²) in [4.78, 5) is 57.9. The fourth-order valence-electron chi connectivity index (χ4n) is 7.36. The van der Waals surface area contributed by atoms with Crippen LogP contribution in [0.4, 0.5) is 0 Å². The average molecular weight is 862 g/mol. The molecule has 0 unspecified atom stereocenters. The van der Waals surface area contributed by atoms with Gasteiger partial charge in [-0.05, 0) is 84.2 Å². The molecule has 0 saturated heterocycles. The number of quaternary nitrogens is 1. The van der Waals surface area contributed by atoms with Gasteiger partial charge in [0.25, 0.3) is 5.91 Å². The van der Waals surface area contributed by atoms with Crippen LogP contribution < -0.4 is 47.6 Å². The fourth-order valence-corrected chi connectivity index (χ4v) is 7.36. The van der Waals surface area contributed by atoms with Crippen LogP contribution in [0.15, 0.2) is 103 Å². The molecule has 0 fully saturated rings. The molecule has 14 heteroatoms. The maximum Gasteiger partial charge on any atom is 0.338 e. The lowest BCUT2D eigenvalue weighted by Gasteiger charge is -2.25. The zero-order valence-corrected chi connectivity index (χ0v) is 36.5. The highest BCUT2D eigenvalue weighted by Gasteiger charge is 2.30. The van der Waals surface area contributed by atoms with Crippen molar-refractivity contribution in [3.63, 3.8) is 0 Å². The van der Waals surface area contributed by atoms with E-state index in [1.807, 2.05) is 104 Å². The number of fused-ring (bicyclic) bond motifs is 2. The first kappa shape index (κ1) is 47.4. The number of rotatable bonds is 25. The molecule has 0 aliphatic rings. The van der Waals surface area contributed by atoms with Crippen LogP contribution in [0.1, 0.15) is 70.8 Å². The number of carbonyl (C=O) groups excluding carboxylic acids is 4. The van der Waals surface area contributed by atoms with E-state index in [0.29, 0.717) is 63.3 Å². The number of ether oxygens (including phenoxy) is 3. The lowest BCUT2D eigenvalue weighted by atomic mass is 9.92. The minimum absolute atomic E-state index is 0.0258. The molecule has 0 aliphatic heterocycles. The number of amides is 3. The van der Waals surface area contributed by atoms with Crippen molar-refractivity contribution in [3.05, 3.63) is 109 Å². The second kappa shape index (κ2) is 24.7. The summed E-state index contributed by atoms with van der Waals surface area (Å²) in [5, 5.41) is 12.5. The van der Waals surface area contributed by atoms with Crippen LogP contribution in [-0.4, -0.2) is 74.1 Å². The lowest BCUT2D eigenvalue weighted by Crippen LogP contribution is -2.78. The molecule has 63 heavy (non-hydrogen) atoms. The Balaban J connectivity index is 1.36. The van der Waals surface area contributed by atoms with E-state index in [2.05, 4.69) is 39.7 Å². The van der Waals surface area contributed by atoms with Crippen molar-refractivity contribution in [2.45, 2.75) is 89.9 Å². The topological polar surface area (TPSA) is 226 Å². The Hall–Kier alpha value is -6.67. The predicted molar refractivity (Wildman–Crippen MR) is 245 cm³/mol. The van der Waals surface area contributed by atoms with Crippen molar-refractivity contribution in [1.82, 2.24) is 16.0 Å². The first-order valence-corrected chi connectivity index (χ1v) is 21.9. The smallest absolute Gasteiger partial charge is 0.338 e. The number of benzene rings is 5. The van der Waals surface area contributed by atoms with Gasteiger partial charge in [-0.3, -0.25) is 30.8 Å². The minimum atomic E-state index is -1.06. The molecule has 0 saturated carbocycles. The summed E-state index contributed by atoms with van der Waals surface area (Å²) in [6, 6.07) is 30.1. The Morgan fingerprint density at radius 1 is 0.635 bits per heavy atom. The summed E-state index contributed by atoms with van der Waals surface area (Å²) in [5.41, 5.74) is 17.6. The van der Waals surface area contributed by atoms with Gasteiger partial charge in [-0.2, -0.15) is 0 Å². The Labute approximate surface area is 369 Å². The van der Waals surface area contributed by atoms with Crippen LogP contribution in [0.5, 0.6) is 11.5 Å². The Morgan fingerprint density at radius 3 is 1.81 bits per heavy atom. The maximum absolute atomic E-state index is 14.1. The number of carbonyl (C=O) groups is 4. The van der Waals surface area contributed by atoms with Gasteiger partial charge in [0.1, 0.15) is 36.2 Å². The Morgan fingerprint density at radius 2 is 1.21 bits per heavy atom. The van der Waals surface area contributed by atoms with E-state index in [-0.39, 0.29) is 19.0 Å². The molecule has 3 amide bonds. The van der Waals surface area contributed by atoms with Crippen molar-refractivity contribution in [1.29, 1.82) is 0 Å². The highest BCUT2D eigenvalue weighted by molar-refractivity contribution is 6.10. The van der Waals surface area contributed by atoms with Crippen LogP contribution in [0.3, 0.4) is 0 Å². The first-order valence-electron chi connectivity index (χ1n) is 21.9. The second-order valence-corrected chi connectivity index (χ2v) is 15.5. The highest BCUT2D eigenvalue weighted by Crippen LogP contribution is 2.45. The monoisotopic (exact) mass is 861 g/mol. The number of esters is 1.